The fourth-order valence-electron chi connectivity index (χ4n) is 0.184. The lowest BCUT2D eigenvalue weighted by molar-refractivity contribution is -0.137. The van der Waals surface area contributed by atoms with E-state index >= 15 is 0 Å². The molecule has 9 heavy (non-hydrogen) atoms. The van der Waals surface area contributed by atoms with Crippen LogP contribution in [0.1, 0.15) is 0 Å². The first-order valence-corrected chi connectivity index (χ1v) is 5.95. The molecule has 0 aliphatic heterocycles. The maximum atomic E-state index is 10.1. The largest absolute Gasteiger partial charge is 0.480 e. The van der Waals surface area contributed by atoms with E-state index in [4.69, 9.17) is 10.8 Å². The van der Waals surface area contributed by atoms with Gasteiger partial charge in [-0.2, -0.15) is 0 Å². The van der Waals surface area contributed by atoms with Gasteiger partial charge in [0.05, 0.1) is 0 Å². The van der Waals surface area contributed by atoms with Crippen LogP contribution in [0.4, 0.5) is 0 Å². The van der Waals surface area contributed by atoms with Gasteiger partial charge < -0.3 is 10.8 Å². The van der Waals surface area contributed by atoms with Crippen LogP contribution in [0.3, 0.4) is 0 Å². The van der Waals surface area contributed by atoms with E-state index in [1.807, 2.05) is 0 Å². The summed E-state index contributed by atoms with van der Waals surface area (Å²) in [6.45, 7) is 0. The number of carbonyl (C=O) groups is 1. The van der Waals surface area contributed by atoms with Crippen LogP contribution < -0.4 is 5.73 Å². The number of carboxylic acid groups (broad SMARTS) is 1. The summed E-state index contributed by atoms with van der Waals surface area (Å²) < 4.78 is 0. The smallest absolute Gasteiger partial charge is 0.321 e. The monoisotopic (exact) mass is 185 g/mol. The van der Waals surface area contributed by atoms with Gasteiger partial charge in [0.25, 0.3) is 0 Å². The lowest BCUT2D eigenvalue weighted by Gasteiger charge is -2.01. The maximum absolute atomic E-state index is 10.1. The van der Waals surface area contributed by atoms with Crippen molar-refractivity contribution in [3.63, 3.8) is 0 Å². The Labute approximate surface area is 63.5 Å². The summed E-state index contributed by atoms with van der Waals surface area (Å²) in [6, 6.07) is -0.733. The Morgan fingerprint density at radius 3 is 2.78 bits per heavy atom. The molecule has 3 nitrogen and oxygen atoms in total. The molecule has 0 spiro atoms. The second-order valence-corrected chi connectivity index (χ2v) is 5.10. The lowest BCUT2D eigenvalue weighted by atomic mass is 10.4. The molecule has 0 aromatic heterocycles. The van der Waals surface area contributed by atoms with Crippen molar-refractivity contribution in [3.05, 3.63) is 0 Å². The number of nitrogens with two attached hydrogens (primary N) is 1. The van der Waals surface area contributed by atoms with Gasteiger partial charge in [0.1, 0.15) is 6.04 Å². The minimum absolute atomic E-state index is 0.448. The van der Waals surface area contributed by atoms with E-state index in [1.54, 1.807) is 0 Å². The SMILES string of the molecule is NC(CSSP)C(=O)O. The third-order valence-electron chi connectivity index (χ3n) is 0.633. The zero-order valence-corrected chi connectivity index (χ0v) is 7.40. The molecule has 2 atom stereocenters. The van der Waals surface area contributed by atoms with Crippen LogP contribution in [-0.4, -0.2) is 22.9 Å². The second kappa shape index (κ2) is 5.35. The van der Waals surface area contributed by atoms with Crippen LogP contribution in [-0.2, 0) is 4.79 Å². The van der Waals surface area contributed by atoms with E-state index in [9.17, 15) is 4.79 Å². The van der Waals surface area contributed by atoms with Crippen LogP contribution in [0.2, 0.25) is 0 Å². The molecule has 0 amide bonds. The molecule has 0 heterocycles. The molecule has 3 N–H and O–H groups in total. The number of carboxylic acids is 1. The predicted octanol–water partition coefficient (Wildman–Crippen LogP) is 0.570. The Bertz CT molecular complexity index is 102. The third kappa shape index (κ3) is 5.03. The molecule has 0 aromatic rings. The topological polar surface area (TPSA) is 63.3 Å². The molecule has 0 aliphatic carbocycles. The van der Waals surface area contributed by atoms with Crippen LogP contribution >= 0.6 is 29.6 Å². The van der Waals surface area contributed by atoms with Gasteiger partial charge in [-0.3, -0.25) is 4.79 Å². The highest BCUT2D eigenvalue weighted by atomic mass is 33.3. The molecule has 54 valence electrons. The first-order chi connectivity index (χ1) is 4.18. The molecule has 6 heteroatoms. The van der Waals surface area contributed by atoms with Crippen molar-refractivity contribution < 1.29 is 9.90 Å². The quantitative estimate of drug-likeness (QED) is 0.495. The summed E-state index contributed by atoms with van der Waals surface area (Å²) in [5.74, 6) is -0.495. The van der Waals surface area contributed by atoms with Crippen LogP contribution in [0, 0.1) is 0 Å². The molecule has 0 rings (SSSR count). The van der Waals surface area contributed by atoms with Crippen LogP contribution in [0.25, 0.3) is 0 Å². The lowest BCUT2D eigenvalue weighted by Crippen LogP contribution is -2.32. The van der Waals surface area contributed by atoms with Gasteiger partial charge in [0.15, 0.2) is 0 Å². The summed E-state index contributed by atoms with van der Waals surface area (Å²) >= 11 is 0. The molecular formula is C3H8NO2PS2. The Morgan fingerprint density at radius 2 is 2.44 bits per heavy atom. The average molecular weight is 185 g/mol. The summed E-state index contributed by atoms with van der Waals surface area (Å²) in [4.78, 5) is 10.1. The van der Waals surface area contributed by atoms with Crippen molar-refractivity contribution in [1.82, 2.24) is 0 Å². The molecule has 2 unspecified atom stereocenters. The highest BCUT2D eigenvalue weighted by molar-refractivity contribution is 8.94. The first kappa shape index (κ1) is 9.56. The molecule has 0 aromatic carbocycles. The fourth-order valence-corrected chi connectivity index (χ4v) is 1.93. The zero-order valence-electron chi connectivity index (χ0n) is 4.61. The minimum atomic E-state index is -0.943. The molecular weight excluding hydrogens is 177 g/mol. The summed E-state index contributed by atoms with van der Waals surface area (Å²) in [5.41, 5.74) is 5.16. The Morgan fingerprint density at radius 1 is 1.89 bits per heavy atom. The van der Waals surface area contributed by atoms with Gasteiger partial charge in [-0.15, -0.1) is 0 Å². The summed E-state index contributed by atoms with van der Waals surface area (Å²) in [6.07, 6.45) is 0. The first-order valence-electron chi connectivity index (χ1n) is 2.15. The number of aliphatic carboxylic acids is 1. The summed E-state index contributed by atoms with van der Waals surface area (Å²) in [7, 11) is 5.26. The van der Waals surface area contributed by atoms with E-state index in [-0.39, 0.29) is 0 Å². The van der Waals surface area contributed by atoms with Gasteiger partial charge in [0.2, 0.25) is 0 Å². The molecule has 0 bridgehead atoms. The second-order valence-electron chi connectivity index (χ2n) is 1.33. The van der Waals surface area contributed by atoms with Gasteiger partial charge >= 0.3 is 5.97 Å². The Hall–Kier alpha value is 0.560. The molecule has 0 fully saturated rings. The number of rotatable bonds is 4. The van der Waals surface area contributed by atoms with Gasteiger partial charge in [-0.05, 0) is 0 Å². The Balaban J connectivity index is 3.27. The van der Waals surface area contributed by atoms with E-state index in [0.717, 1.165) is 0 Å². The molecule has 0 radical (unpaired) electrons. The maximum Gasteiger partial charge on any atom is 0.321 e. The molecule has 0 aliphatic rings. The van der Waals surface area contributed by atoms with Crippen molar-refractivity contribution in [2.75, 3.05) is 5.75 Å². The predicted molar refractivity (Wildman–Crippen MR) is 45.4 cm³/mol. The van der Waals surface area contributed by atoms with Crippen molar-refractivity contribution >= 4 is 35.6 Å². The van der Waals surface area contributed by atoms with E-state index in [2.05, 4.69) is 8.44 Å². The highest BCUT2D eigenvalue weighted by Crippen LogP contribution is 2.28. The molecule has 0 saturated heterocycles. The normalized spacial score (nSPS) is 13.1. The van der Waals surface area contributed by atoms with Gasteiger partial charge in [0, 0.05) is 5.75 Å². The molecule has 0 saturated carbocycles. The van der Waals surface area contributed by atoms with Crippen molar-refractivity contribution in [2.45, 2.75) is 6.04 Å². The van der Waals surface area contributed by atoms with E-state index in [1.165, 1.54) is 21.2 Å². The van der Waals surface area contributed by atoms with Gasteiger partial charge in [-0.25, -0.2) is 0 Å². The average Bonchev–Trinajstić information content (AvgIpc) is 1.82. The Kier molecular flexibility index (Phi) is 5.69. The van der Waals surface area contributed by atoms with Crippen molar-refractivity contribution in [2.24, 2.45) is 5.73 Å². The zero-order chi connectivity index (χ0) is 7.28. The van der Waals surface area contributed by atoms with Crippen LogP contribution in [0.15, 0.2) is 0 Å². The number of hydrogen-bond donors (Lipinski definition) is 2. The van der Waals surface area contributed by atoms with E-state index < -0.39 is 12.0 Å². The van der Waals surface area contributed by atoms with Crippen molar-refractivity contribution in [3.8, 4) is 0 Å². The van der Waals surface area contributed by atoms with Gasteiger partial charge in [-0.1, -0.05) is 29.6 Å². The number of hydrogen-bond acceptors (Lipinski definition) is 4. The standard InChI is InChI=1S/C3H8NO2PS2/c4-2(3(5)6)1-8-9-7/h2H,1,4,7H2,(H,5,6). The minimum Gasteiger partial charge on any atom is -0.480 e. The third-order valence-corrected chi connectivity index (χ3v) is 3.31. The highest BCUT2D eigenvalue weighted by Gasteiger charge is 2.09. The fraction of sp³-hybridized carbons (Fsp3) is 0.667. The van der Waals surface area contributed by atoms with Crippen LogP contribution in [0.5, 0.6) is 0 Å². The van der Waals surface area contributed by atoms with Crippen molar-refractivity contribution in [1.29, 1.82) is 0 Å². The summed E-state index contributed by atoms with van der Waals surface area (Å²) in [5, 5.41) is 8.25. The van der Waals surface area contributed by atoms with E-state index in [0.29, 0.717) is 5.75 Å².